The lowest BCUT2D eigenvalue weighted by Crippen LogP contribution is -2.50. The SMILES string of the molecule is O=C(N(CC1CCCO1)C1CCSC1)C(F)(F)F. The molecule has 0 bridgehead atoms. The van der Waals surface area contributed by atoms with Gasteiger partial charge in [0.1, 0.15) is 0 Å². The van der Waals surface area contributed by atoms with Gasteiger partial charge in [-0.15, -0.1) is 0 Å². The second-order valence-electron chi connectivity index (χ2n) is 4.61. The van der Waals surface area contributed by atoms with Crippen LogP contribution in [-0.4, -0.2) is 53.8 Å². The summed E-state index contributed by atoms with van der Waals surface area (Å²) in [6.45, 7) is 0.654. The van der Waals surface area contributed by atoms with Gasteiger partial charge in [-0.05, 0) is 25.0 Å². The molecule has 2 atom stereocenters. The van der Waals surface area contributed by atoms with Crippen molar-refractivity contribution in [2.24, 2.45) is 0 Å². The first-order valence-electron chi connectivity index (χ1n) is 6.05. The largest absolute Gasteiger partial charge is 0.471 e. The van der Waals surface area contributed by atoms with Crippen LogP contribution in [0.25, 0.3) is 0 Å². The summed E-state index contributed by atoms with van der Waals surface area (Å²) in [5.74, 6) is -0.308. The van der Waals surface area contributed by atoms with Gasteiger partial charge in [-0.3, -0.25) is 4.79 Å². The molecule has 0 spiro atoms. The van der Waals surface area contributed by atoms with Crippen LogP contribution in [0.2, 0.25) is 0 Å². The van der Waals surface area contributed by atoms with Crippen molar-refractivity contribution in [1.82, 2.24) is 4.90 Å². The summed E-state index contributed by atoms with van der Waals surface area (Å²) in [6.07, 6.45) is -2.79. The van der Waals surface area contributed by atoms with Crippen LogP contribution in [0.5, 0.6) is 0 Å². The minimum Gasteiger partial charge on any atom is -0.376 e. The lowest BCUT2D eigenvalue weighted by Gasteiger charge is -2.31. The molecule has 7 heteroatoms. The molecule has 0 aromatic rings. The predicted octanol–water partition coefficient (Wildman–Crippen LogP) is 2.06. The van der Waals surface area contributed by atoms with Crippen molar-refractivity contribution in [3.05, 3.63) is 0 Å². The quantitative estimate of drug-likeness (QED) is 0.794. The Balaban J connectivity index is 2.03. The lowest BCUT2D eigenvalue weighted by atomic mass is 10.1. The highest BCUT2D eigenvalue weighted by atomic mass is 32.2. The number of nitrogens with zero attached hydrogens (tertiary/aromatic N) is 1. The molecule has 0 N–H and O–H groups in total. The fourth-order valence-corrected chi connectivity index (χ4v) is 3.56. The molecule has 18 heavy (non-hydrogen) atoms. The van der Waals surface area contributed by atoms with Gasteiger partial charge in [0.05, 0.1) is 6.10 Å². The summed E-state index contributed by atoms with van der Waals surface area (Å²) in [7, 11) is 0. The summed E-state index contributed by atoms with van der Waals surface area (Å²) in [5.41, 5.74) is 0. The number of hydrogen-bond donors (Lipinski definition) is 0. The lowest BCUT2D eigenvalue weighted by molar-refractivity contribution is -0.188. The van der Waals surface area contributed by atoms with Crippen molar-refractivity contribution in [3.63, 3.8) is 0 Å². The fraction of sp³-hybridized carbons (Fsp3) is 0.909. The minimum atomic E-state index is -4.79. The van der Waals surface area contributed by atoms with Gasteiger partial charge in [0, 0.05) is 24.9 Å². The molecule has 0 aromatic heterocycles. The van der Waals surface area contributed by atoms with Crippen molar-refractivity contribution < 1.29 is 22.7 Å². The molecule has 2 aliphatic heterocycles. The third-order valence-electron chi connectivity index (χ3n) is 3.27. The Morgan fingerprint density at radius 1 is 1.39 bits per heavy atom. The van der Waals surface area contributed by atoms with Gasteiger partial charge < -0.3 is 9.64 Å². The summed E-state index contributed by atoms with van der Waals surface area (Å²) in [4.78, 5) is 12.5. The molecule has 104 valence electrons. The molecule has 2 heterocycles. The van der Waals surface area contributed by atoms with Crippen molar-refractivity contribution >= 4 is 17.7 Å². The van der Waals surface area contributed by atoms with Crippen molar-refractivity contribution in [1.29, 1.82) is 0 Å². The number of hydrogen-bond acceptors (Lipinski definition) is 3. The number of carbonyl (C=O) groups excluding carboxylic acids is 1. The minimum absolute atomic E-state index is 0.0730. The van der Waals surface area contributed by atoms with E-state index in [-0.39, 0.29) is 18.7 Å². The molecule has 1 amide bonds. The number of rotatable bonds is 3. The number of thioether (sulfide) groups is 1. The van der Waals surface area contributed by atoms with E-state index in [0.29, 0.717) is 18.8 Å². The van der Waals surface area contributed by atoms with Crippen LogP contribution in [-0.2, 0) is 9.53 Å². The molecular weight excluding hydrogens is 267 g/mol. The molecule has 2 aliphatic rings. The number of amides is 1. The molecule has 0 saturated carbocycles. The zero-order valence-corrected chi connectivity index (χ0v) is 10.7. The average Bonchev–Trinajstić information content (AvgIpc) is 2.96. The number of alkyl halides is 3. The Hall–Kier alpha value is -0.430. The first-order valence-corrected chi connectivity index (χ1v) is 7.21. The molecule has 2 rings (SSSR count). The Morgan fingerprint density at radius 3 is 2.67 bits per heavy atom. The third-order valence-corrected chi connectivity index (χ3v) is 4.42. The van der Waals surface area contributed by atoms with Crippen LogP contribution in [0, 0.1) is 0 Å². The predicted molar refractivity (Wildman–Crippen MR) is 62.5 cm³/mol. The molecule has 2 unspecified atom stereocenters. The standard InChI is InChI=1S/C11H16F3NO2S/c12-11(13,14)10(16)15(8-3-5-18-7-8)6-9-2-1-4-17-9/h8-9H,1-7H2. The summed E-state index contributed by atoms with van der Waals surface area (Å²) in [6, 6.07) is -0.298. The van der Waals surface area contributed by atoms with E-state index >= 15 is 0 Å². The van der Waals surface area contributed by atoms with E-state index in [1.54, 1.807) is 11.8 Å². The highest BCUT2D eigenvalue weighted by molar-refractivity contribution is 7.99. The van der Waals surface area contributed by atoms with Crippen LogP contribution < -0.4 is 0 Å². The van der Waals surface area contributed by atoms with Gasteiger partial charge >= 0.3 is 12.1 Å². The van der Waals surface area contributed by atoms with Gasteiger partial charge in [0.25, 0.3) is 0 Å². The van der Waals surface area contributed by atoms with Crippen LogP contribution in [0.4, 0.5) is 13.2 Å². The Morgan fingerprint density at radius 2 is 2.17 bits per heavy atom. The Bertz CT molecular complexity index is 299. The Labute approximate surface area is 108 Å². The van der Waals surface area contributed by atoms with Crippen LogP contribution in [0.15, 0.2) is 0 Å². The van der Waals surface area contributed by atoms with E-state index in [2.05, 4.69) is 0 Å². The van der Waals surface area contributed by atoms with E-state index in [9.17, 15) is 18.0 Å². The molecule has 0 aliphatic carbocycles. The van der Waals surface area contributed by atoms with Gasteiger partial charge in [-0.1, -0.05) is 0 Å². The normalized spacial score (nSPS) is 28.6. The van der Waals surface area contributed by atoms with Gasteiger partial charge in [0.2, 0.25) is 0 Å². The maximum absolute atomic E-state index is 12.6. The van der Waals surface area contributed by atoms with E-state index in [0.717, 1.165) is 23.5 Å². The van der Waals surface area contributed by atoms with Crippen molar-refractivity contribution in [3.8, 4) is 0 Å². The Kier molecular flexibility index (Phi) is 4.42. The summed E-state index contributed by atoms with van der Waals surface area (Å²) < 4.78 is 43.1. The maximum atomic E-state index is 12.6. The topological polar surface area (TPSA) is 29.5 Å². The molecule has 2 saturated heterocycles. The molecule has 2 fully saturated rings. The van der Waals surface area contributed by atoms with E-state index in [4.69, 9.17) is 4.74 Å². The zero-order chi connectivity index (χ0) is 13.2. The number of halogens is 3. The molecular formula is C11H16F3NO2S. The number of carbonyl (C=O) groups is 1. The smallest absolute Gasteiger partial charge is 0.376 e. The second-order valence-corrected chi connectivity index (χ2v) is 5.76. The third kappa shape index (κ3) is 3.32. The molecule has 0 aromatic carbocycles. The van der Waals surface area contributed by atoms with Crippen LogP contribution >= 0.6 is 11.8 Å². The van der Waals surface area contributed by atoms with E-state index in [1.165, 1.54) is 0 Å². The van der Waals surface area contributed by atoms with Gasteiger partial charge in [-0.2, -0.15) is 24.9 Å². The maximum Gasteiger partial charge on any atom is 0.471 e. The first-order chi connectivity index (χ1) is 8.48. The number of ether oxygens (including phenoxy) is 1. The van der Waals surface area contributed by atoms with Gasteiger partial charge in [0.15, 0.2) is 0 Å². The summed E-state index contributed by atoms with van der Waals surface area (Å²) in [5, 5.41) is 0. The van der Waals surface area contributed by atoms with Crippen LogP contribution in [0.3, 0.4) is 0 Å². The van der Waals surface area contributed by atoms with Crippen molar-refractivity contribution in [2.75, 3.05) is 24.7 Å². The van der Waals surface area contributed by atoms with Crippen LogP contribution in [0.1, 0.15) is 19.3 Å². The highest BCUT2D eigenvalue weighted by Crippen LogP contribution is 2.28. The monoisotopic (exact) mass is 283 g/mol. The zero-order valence-electron chi connectivity index (χ0n) is 9.91. The second kappa shape index (κ2) is 5.69. The first kappa shape index (κ1) is 14.0. The van der Waals surface area contributed by atoms with Crippen molar-refractivity contribution in [2.45, 2.75) is 37.6 Å². The van der Waals surface area contributed by atoms with Gasteiger partial charge in [-0.25, -0.2) is 0 Å². The van der Waals surface area contributed by atoms with E-state index < -0.39 is 12.1 Å². The fourth-order valence-electron chi connectivity index (χ4n) is 2.34. The average molecular weight is 283 g/mol. The molecule has 0 radical (unpaired) electrons. The highest BCUT2D eigenvalue weighted by Gasteiger charge is 2.45. The summed E-state index contributed by atoms with van der Waals surface area (Å²) >= 11 is 1.59. The molecule has 3 nitrogen and oxygen atoms in total. The van der Waals surface area contributed by atoms with E-state index in [1.807, 2.05) is 0 Å².